The van der Waals surface area contributed by atoms with Crippen LogP contribution in [0.4, 0.5) is 0 Å². The lowest BCUT2D eigenvalue weighted by molar-refractivity contribution is -0.109. The van der Waals surface area contributed by atoms with Crippen LogP contribution in [0.25, 0.3) is 0 Å². The number of nitrogens with one attached hydrogen (secondary N) is 1. The molecule has 0 fully saturated rings. The summed E-state index contributed by atoms with van der Waals surface area (Å²) in [7, 11) is -1.56. The molecule has 0 saturated heterocycles. The maximum absolute atomic E-state index is 9.91. The van der Waals surface area contributed by atoms with E-state index in [1.807, 2.05) is 0 Å². The van der Waals surface area contributed by atoms with Crippen LogP contribution in [0.2, 0.25) is 0 Å². The van der Waals surface area contributed by atoms with E-state index in [-0.39, 0.29) is 12.0 Å². The van der Waals surface area contributed by atoms with Crippen LogP contribution in [0.15, 0.2) is 12.4 Å². The molecule has 0 spiro atoms. The molecule has 0 aromatic carbocycles. The van der Waals surface area contributed by atoms with Gasteiger partial charge in [-0.1, -0.05) is 0 Å². The molecule has 0 aliphatic heterocycles. The van der Waals surface area contributed by atoms with E-state index in [0.29, 0.717) is 12.2 Å². The zero-order valence-electron chi connectivity index (χ0n) is 6.71. The molecule has 0 aliphatic carbocycles. The number of carbonyl (C=O) groups excluding carboxylic acids is 1. The van der Waals surface area contributed by atoms with Gasteiger partial charge >= 0.3 is 7.12 Å². The number of amides is 1. The molecule has 1 rings (SSSR count). The first kappa shape index (κ1) is 9.62. The maximum Gasteiger partial charge on any atom is 0.491 e. The van der Waals surface area contributed by atoms with Gasteiger partial charge in [-0.25, -0.2) is 9.97 Å². The van der Waals surface area contributed by atoms with E-state index in [4.69, 9.17) is 10.0 Å². The molecular weight excluding hydrogens is 173 g/mol. The molecule has 0 radical (unpaired) electrons. The summed E-state index contributed by atoms with van der Waals surface area (Å²) >= 11 is 0. The van der Waals surface area contributed by atoms with E-state index in [9.17, 15) is 4.79 Å². The lowest BCUT2D eigenvalue weighted by atomic mass is 9.83. The summed E-state index contributed by atoms with van der Waals surface area (Å²) in [6.45, 7) is 0.227. The number of rotatable bonds is 4. The number of hydrogen-bond acceptors (Lipinski definition) is 5. The minimum atomic E-state index is -1.56. The van der Waals surface area contributed by atoms with E-state index >= 15 is 0 Å². The van der Waals surface area contributed by atoms with Gasteiger partial charge in [0.05, 0.1) is 6.54 Å². The lowest BCUT2D eigenvalue weighted by Crippen LogP contribution is -2.31. The Labute approximate surface area is 74.8 Å². The minimum Gasteiger partial charge on any atom is -0.423 e. The van der Waals surface area contributed by atoms with Crippen molar-refractivity contribution in [2.24, 2.45) is 0 Å². The van der Waals surface area contributed by atoms with Crippen LogP contribution in [-0.2, 0) is 11.3 Å². The third-order valence-electron chi connectivity index (χ3n) is 1.37. The minimum absolute atomic E-state index is 0.217. The molecule has 1 heterocycles. The number of hydrogen-bond donors (Lipinski definition) is 3. The highest BCUT2D eigenvalue weighted by atomic mass is 16.4. The Balaban J connectivity index is 2.64. The standard InChI is InChI=1S/C6H8BN3O3/c11-4-8-3-6-9-1-5(2-10-6)7(12)13/h1-2,4,12-13H,3H2,(H,8,11). The van der Waals surface area contributed by atoms with Crippen LogP contribution >= 0.6 is 0 Å². The smallest absolute Gasteiger partial charge is 0.423 e. The summed E-state index contributed by atoms with van der Waals surface area (Å²) in [5.41, 5.74) is 0.217. The first-order valence-corrected chi connectivity index (χ1v) is 3.58. The third kappa shape index (κ3) is 2.81. The van der Waals surface area contributed by atoms with Crippen molar-refractivity contribution in [2.45, 2.75) is 6.54 Å². The molecule has 0 atom stereocenters. The van der Waals surface area contributed by atoms with Gasteiger partial charge in [0.25, 0.3) is 0 Å². The quantitative estimate of drug-likeness (QED) is 0.349. The van der Waals surface area contributed by atoms with Crippen LogP contribution in [0.5, 0.6) is 0 Å². The van der Waals surface area contributed by atoms with Crippen molar-refractivity contribution in [3.8, 4) is 0 Å². The van der Waals surface area contributed by atoms with Crippen LogP contribution in [0.1, 0.15) is 5.82 Å². The number of aromatic nitrogens is 2. The second-order valence-corrected chi connectivity index (χ2v) is 2.31. The van der Waals surface area contributed by atoms with Gasteiger partial charge < -0.3 is 15.4 Å². The SMILES string of the molecule is O=CNCc1ncc(B(O)O)cn1. The molecule has 1 aromatic heterocycles. The van der Waals surface area contributed by atoms with Gasteiger partial charge in [0, 0.05) is 17.9 Å². The molecule has 0 aliphatic rings. The van der Waals surface area contributed by atoms with Gasteiger partial charge in [-0.2, -0.15) is 0 Å². The number of nitrogens with zero attached hydrogens (tertiary/aromatic N) is 2. The van der Waals surface area contributed by atoms with Gasteiger partial charge in [-0.05, 0) is 0 Å². The average Bonchev–Trinajstić information content (AvgIpc) is 2.15. The molecule has 6 nitrogen and oxygen atoms in total. The van der Waals surface area contributed by atoms with E-state index < -0.39 is 7.12 Å². The monoisotopic (exact) mass is 181 g/mol. The van der Waals surface area contributed by atoms with Crippen molar-refractivity contribution in [1.29, 1.82) is 0 Å². The van der Waals surface area contributed by atoms with Crippen LogP contribution in [0.3, 0.4) is 0 Å². The Morgan fingerprint density at radius 3 is 2.54 bits per heavy atom. The highest BCUT2D eigenvalue weighted by Crippen LogP contribution is 1.84. The maximum atomic E-state index is 9.91. The van der Waals surface area contributed by atoms with Crippen molar-refractivity contribution < 1.29 is 14.8 Å². The largest absolute Gasteiger partial charge is 0.491 e. The highest BCUT2D eigenvalue weighted by molar-refractivity contribution is 6.58. The highest BCUT2D eigenvalue weighted by Gasteiger charge is 2.11. The fourth-order valence-electron chi connectivity index (χ4n) is 0.722. The summed E-state index contributed by atoms with van der Waals surface area (Å²) < 4.78 is 0. The van der Waals surface area contributed by atoms with Crippen LogP contribution in [-0.4, -0.2) is 33.5 Å². The molecule has 0 saturated carbocycles. The van der Waals surface area contributed by atoms with E-state index in [0.717, 1.165) is 0 Å². The average molecular weight is 181 g/mol. The first-order valence-electron chi connectivity index (χ1n) is 3.58. The second-order valence-electron chi connectivity index (χ2n) is 2.31. The molecule has 0 bridgehead atoms. The Morgan fingerprint density at radius 1 is 1.46 bits per heavy atom. The summed E-state index contributed by atoms with van der Waals surface area (Å²) in [6, 6.07) is 0. The van der Waals surface area contributed by atoms with Crippen molar-refractivity contribution in [1.82, 2.24) is 15.3 Å². The summed E-state index contributed by atoms with van der Waals surface area (Å²) in [6.07, 6.45) is 3.12. The summed E-state index contributed by atoms with van der Waals surface area (Å²) in [4.78, 5) is 17.5. The zero-order valence-corrected chi connectivity index (χ0v) is 6.71. The van der Waals surface area contributed by atoms with Gasteiger partial charge in [0.1, 0.15) is 5.82 Å². The summed E-state index contributed by atoms with van der Waals surface area (Å²) in [5, 5.41) is 19.8. The van der Waals surface area contributed by atoms with Crippen molar-refractivity contribution in [3.05, 3.63) is 18.2 Å². The first-order chi connectivity index (χ1) is 6.24. The van der Waals surface area contributed by atoms with Crippen molar-refractivity contribution in [3.63, 3.8) is 0 Å². The Bertz CT molecular complexity index is 277. The molecule has 68 valence electrons. The number of carbonyl (C=O) groups is 1. The fourth-order valence-corrected chi connectivity index (χ4v) is 0.722. The van der Waals surface area contributed by atoms with E-state index in [1.165, 1.54) is 12.4 Å². The van der Waals surface area contributed by atoms with Crippen LogP contribution in [0, 0.1) is 0 Å². The zero-order chi connectivity index (χ0) is 9.68. The molecular formula is C6H8BN3O3. The Morgan fingerprint density at radius 2 is 2.08 bits per heavy atom. The molecule has 1 amide bonds. The van der Waals surface area contributed by atoms with Gasteiger partial charge in [-0.3, -0.25) is 4.79 Å². The second kappa shape index (κ2) is 4.53. The molecule has 13 heavy (non-hydrogen) atoms. The lowest BCUT2D eigenvalue weighted by Gasteiger charge is -2.00. The molecule has 1 aromatic rings. The van der Waals surface area contributed by atoms with E-state index in [2.05, 4.69) is 15.3 Å². The molecule has 3 N–H and O–H groups in total. The van der Waals surface area contributed by atoms with Gasteiger partial charge in [0.15, 0.2) is 0 Å². The van der Waals surface area contributed by atoms with Gasteiger partial charge in [0.2, 0.25) is 6.41 Å². The Hall–Kier alpha value is -1.47. The van der Waals surface area contributed by atoms with Crippen molar-refractivity contribution >= 4 is 19.0 Å². The predicted molar refractivity (Wildman–Crippen MR) is 44.8 cm³/mol. The van der Waals surface area contributed by atoms with Crippen molar-refractivity contribution in [2.75, 3.05) is 0 Å². The predicted octanol–water partition coefficient (Wildman–Crippen LogP) is -2.60. The molecule has 0 unspecified atom stereocenters. The third-order valence-corrected chi connectivity index (χ3v) is 1.37. The summed E-state index contributed by atoms with van der Waals surface area (Å²) in [5.74, 6) is 0.413. The van der Waals surface area contributed by atoms with Gasteiger partial charge in [-0.15, -0.1) is 0 Å². The van der Waals surface area contributed by atoms with Crippen LogP contribution < -0.4 is 10.8 Å². The topological polar surface area (TPSA) is 95.3 Å². The molecule has 7 heteroatoms. The normalized spacial score (nSPS) is 9.38. The van der Waals surface area contributed by atoms with E-state index in [1.54, 1.807) is 0 Å². The fraction of sp³-hybridized carbons (Fsp3) is 0.167. The Kier molecular flexibility index (Phi) is 3.36.